The lowest BCUT2D eigenvalue weighted by molar-refractivity contribution is 0.174. The molecule has 2 aliphatic heterocycles. The molecule has 0 spiro atoms. The van der Waals surface area contributed by atoms with Crippen LogP contribution in [0, 0.1) is 0 Å². The summed E-state index contributed by atoms with van der Waals surface area (Å²) in [5.41, 5.74) is 7.36. The molecule has 2 aliphatic rings. The molecule has 0 aliphatic carbocycles. The van der Waals surface area contributed by atoms with Crippen molar-refractivity contribution in [2.45, 2.75) is 19.4 Å². The minimum absolute atomic E-state index is 0.251. The number of hydrogen-bond donors (Lipinski definition) is 1. The zero-order valence-electron chi connectivity index (χ0n) is 13.3. The number of nitrogens with one attached hydrogen (secondary N) is 1. The Bertz CT molecular complexity index is 845. The van der Waals surface area contributed by atoms with Gasteiger partial charge in [-0.1, -0.05) is 29.8 Å². The summed E-state index contributed by atoms with van der Waals surface area (Å²) < 4.78 is 11.0. The molecule has 1 unspecified atom stereocenters. The van der Waals surface area contributed by atoms with Gasteiger partial charge in [0.2, 0.25) is 6.79 Å². The van der Waals surface area contributed by atoms with Gasteiger partial charge in [-0.2, -0.15) is 5.10 Å². The highest BCUT2D eigenvalue weighted by molar-refractivity contribution is 6.30. The summed E-state index contributed by atoms with van der Waals surface area (Å²) in [5, 5.41) is 5.28. The van der Waals surface area contributed by atoms with Gasteiger partial charge in [-0.15, -0.1) is 0 Å². The molecule has 5 heteroatoms. The molecule has 0 amide bonds. The molecule has 0 saturated heterocycles. The van der Waals surface area contributed by atoms with Crippen molar-refractivity contribution in [3.63, 3.8) is 0 Å². The standard InChI is InChI=1S/C19H17ClN2O2/c1-12-7-14-9-18-19(24-11-23-18)10-16(14)17(22-21-12)6-5-13-3-2-4-15(20)8-13/h2-6,8-10,12,21H,7,11H2,1H3. The molecular formula is C19H17ClN2O2. The van der Waals surface area contributed by atoms with Crippen LogP contribution < -0.4 is 14.9 Å². The van der Waals surface area contributed by atoms with E-state index in [0.29, 0.717) is 0 Å². The molecule has 122 valence electrons. The number of ether oxygens (including phenoxy) is 2. The number of hydrazone groups is 1. The van der Waals surface area contributed by atoms with Crippen molar-refractivity contribution >= 4 is 23.4 Å². The second kappa shape index (κ2) is 6.21. The molecule has 2 aromatic rings. The molecule has 0 fully saturated rings. The van der Waals surface area contributed by atoms with Crippen LogP contribution in [0.4, 0.5) is 0 Å². The lowest BCUT2D eigenvalue weighted by Crippen LogP contribution is -2.21. The number of allylic oxidation sites excluding steroid dienone is 1. The van der Waals surface area contributed by atoms with E-state index < -0.39 is 0 Å². The highest BCUT2D eigenvalue weighted by Gasteiger charge is 2.22. The minimum Gasteiger partial charge on any atom is -0.454 e. The van der Waals surface area contributed by atoms with Gasteiger partial charge in [0.15, 0.2) is 11.5 Å². The molecular weight excluding hydrogens is 324 g/mol. The van der Waals surface area contributed by atoms with E-state index in [4.69, 9.17) is 21.1 Å². The number of benzene rings is 2. The number of fused-ring (bicyclic) bond motifs is 2. The normalized spacial score (nSPS) is 18.8. The summed E-state index contributed by atoms with van der Waals surface area (Å²) in [6, 6.07) is 12.1. The summed E-state index contributed by atoms with van der Waals surface area (Å²) in [5.74, 6) is 1.58. The van der Waals surface area contributed by atoms with E-state index in [1.54, 1.807) is 0 Å². The highest BCUT2D eigenvalue weighted by atomic mass is 35.5. The summed E-state index contributed by atoms with van der Waals surface area (Å²) in [6.45, 7) is 2.39. The Morgan fingerprint density at radius 2 is 2.00 bits per heavy atom. The first-order valence-electron chi connectivity index (χ1n) is 7.89. The summed E-state index contributed by atoms with van der Waals surface area (Å²) in [7, 11) is 0. The smallest absolute Gasteiger partial charge is 0.231 e. The van der Waals surface area contributed by atoms with Crippen molar-refractivity contribution in [2.24, 2.45) is 5.10 Å². The van der Waals surface area contributed by atoms with Crippen LogP contribution in [0.3, 0.4) is 0 Å². The Morgan fingerprint density at radius 1 is 1.17 bits per heavy atom. The Morgan fingerprint density at radius 3 is 2.83 bits per heavy atom. The summed E-state index contributed by atoms with van der Waals surface area (Å²) >= 11 is 6.05. The minimum atomic E-state index is 0.251. The maximum atomic E-state index is 6.05. The lowest BCUT2D eigenvalue weighted by Gasteiger charge is -2.10. The molecule has 1 N–H and O–H groups in total. The van der Waals surface area contributed by atoms with E-state index >= 15 is 0 Å². The maximum absolute atomic E-state index is 6.05. The number of rotatable bonds is 2. The van der Waals surface area contributed by atoms with Gasteiger partial charge in [-0.05, 0) is 54.8 Å². The fourth-order valence-electron chi connectivity index (χ4n) is 2.92. The SMILES string of the molecule is CC1Cc2cc3c(cc2C(C=Cc2cccc(Cl)c2)=NN1)OCO3. The van der Waals surface area contributed by atoms with Crippen LogP contribution in [0.15, 0.2) is 47.6 Å². The molecule has 0 aromatic heterocycles. The molecule has 2 heterocycles. The molecule has 2 aromatic carbocycles. The number of hydrogen-bond acceptors (Lipinski definition) is 4. The average molecular weight is 341 g/mol. The Hall–Kier alpha value is -2.46. The van der Waals surface area contributed by atoms with Gasteiger partial charge in [-0.3, -0.25) is 0 Å². The van der Waals surface area contributed by atoms with Gasteiger partial charge < -0.3 is 14.9 Å². The summed E-state index contributed by atoms with van der Waals surface area (Å²) in [6.07, 6.45) is 4.89. The fraction of sp³-hybridized carbons (Fsp3) is 0.211. The van der Waals surface area contributed by atoms with E-state index in [9.17, 15) is 0 Å². The predicted octanol–water partition coefficient (Wildman–Crippen LogP) is 4.02. The topological polar surface area (TPSA) is 42.9 Å². The molecule has 0 bridgehead atoms. The lowest BCUT2D eigenvalue weighted by atomic mass is 9.97. The summed E-state index contributed by atoms with van der Waals surface area (Å²) in [4.78, 5) is 0. The second-order valence-electron chi connectivity index (χ2n) is 5.98. The molecule has 1 atom stereocenters. The first-order chi connectivity index (χ1) is 11.7. The largest absolute Gasteiger partial charge is 0.454 e. The number of halogens is 1. The Labute approximate surface area is 145 Å². The van der Waals surface area contributed by atoms with Crippen molar-refractivity contribution in [3.8, 4) is 11.5 Å². The zero-order chi connectivity index (χ0) is 16.5. The van der Waals surface area contributed by atoms with Crippen molar-refractivity contribution in [1.82, 2.24) is 5.43 Å². The van der Waals surface area contributed by atoms with Gasteiger partial charge >= 0.3 is 0 Å². The zero-order valence-corrected chi connectivity index (χ0v) is 14.0. The average Bonchev–Trinajstić information content (AvgIpc) is 2.95. The maximum Gasteiger partial charge on any atom is 0.231 e. The first kappa shape index (κ1) is 15.1. The molecule has 0 radical (unpaired) electrons. The van der Waals surface area contributed by atoms with Crippen molar-refractivity contribution in [2.75, 3.05) is 6.79 Å². The van der Waals surface area contributed by atoms with Crippen LogP contribution in [-0.4, -0.2) is 18.5 Å². The highest BCUT2D eigenvalue weighted by Crippen LogP contribution is 2.36. The monoisotopic (exact) mass is 340 g/mol. The van der Waals surface area contributed by atoms with Gasteiger partial charge in [-0.25, -0.2) is 0 Å². The van der Waals surface area contributed by atoms with Gasteiger partial charge in [0.05, 0.1) is 5.71 Å². The van der Waals surface area contributed by atoms with E-state index in [0.717, 1.165) is 39.8 Å². The van der Waals surface area contributed by atoms with E-state index in [1.807, 2.05) is 42.5 Å². The van der Waals surface area contributed by atoms with Crippen molar-refractivity contribution in [3.05, 3.63) is 64.2 Å². The third-order valence-corrected chi connectivity index (χ3v) is 4.32. The van der Waals surface area contributed by atoms with Crippen molar-refractivity contribution in [1.29, 1.82) is 0 Å². The van der Waals surface area contributed by atoms with E-state index in [1.165, 1.54) is 5.56 Å². The van der Waals surface area contributed by atoms with E-state index in [-0.39, 0.29) is 12.8 Å². The predicted molar refractivity (Wildman–Crippen MR) is 95.9 cm³/mol. The molecule has 4 nitrogen and oxygen atoms in total. The van der Waals surface area contributed by atoms with Crippen LogP contribution in [0.2, 0.25) is 5.02 Å². The van der Waals surface area contributed by atoms with Crippen LogP contribution in [0.25, 0.3) is 6.08 Å². The van der Waals surface area contributed by atoms with E-state index in [2.05, 4.69) is 23.5 Å². The van der Waals surface area contributed by atoms with Gasteiger partial charge in [0.25, 0.3) is 0 Å². The molecule has 0 saturated carbocycles. The van der Waals surface area contributed by atoms with Crippen LogP contribution >= 0.6 is 11.6 Å². The van der Waals surface area contributed by atoms with Gasteiger partial charge in [0, 0.05) is 16.6 Å². The molecule has 24 heavy (non-hydrogen) atoms. The Kier molecular flexibility index (Phi) is 3.90. The number of nitrogens with zero attached hydrogens (tertiary/aromatic N) is 1. The molecule has 4 rings (SSSR count). The van der Waals surface area contributed by atoms with Gasteiger partial charge in [0.1, 0.15) is 0 Å². The quantitative estimate of drug-likeness (QED) is 0.897. The first-order valence-corrected chi connectivity index (χ1v) is 8.26. The third-order valence-electron chi connectivity index (χ3n) is 4.09. The Balaban J connectivity index is 1.73. The third kappa shape index (κ3) is 2.97. The van der Waals surface area contributed by atoms with Crippen molar-refractivity contribution < 1.29 is 9.47 Å². The fourth-order valence-corrected chi connectivity index (χ4v) is 3.12. The second-order valence-corrected chi connectivity index (χ2v) is 6.42. The van der Waals surface area contributed by atoms with Crippen LogP contribution in [-0.2, 0) is 6.42 Å². The van der Waals surface area contributed by atoms with Crippen LogP contribution in [0.5, 0.6) is 11.5 Å². The van der Waals surface area contributed by atoms with Crippen LogP contribution in [0.1, 0.15) is 23.6 Å².